The van der Waals surface area contributed by atoms with Gasteiger partial charge in [0.25, 0.3) is 0 Å². The van der Waals surface area contributed by atoms with Crippen LogP contribution in [0, 0.1) is 5.92 Å². The first-order valence-electron chi connectivity index (χ1n) is 6.31. The van der Waals surface area contributed by atoms with Gasteiger partial charge in [0.05, 0.1) is 0 Å². The Morgan fingerprint density at radius 3 is 2.88 bits per heavy atom. The van der Waals surface area contributed by atoms with Gasteiger partial charge in [-0.15, -0.1) is 0 Å². The number of hydrogen-bond acceptors (Lipinski definition) is 2. The van der Waals surface area contributed by atoms with Crippen LogP contribution in [0.4, 0.5) is 0 Å². The Labute approximate surface area is 104 Å². The van der Waals surface area contributed by atoms with Crippen LogP contribution in [0.15, 0.2) is 30.3 Å². The molecule has 1 aliphatic rings. The van der Waals surface area contributed by atoms with E-state index < -0.39 is 0 Å². The summed E-state index contributed by atoms with van der Waals surface area (Å²) >= 11 is 0. The van der Waals surface area contributed by atoms with Crippen LogP contribution in [0.5, 0.6) is 5.75 Å². The summed E-state index contributed by atoms with van der Waals surface area (Å²) in [5.41, 5.74) is 2.58. The van der Waals surface area contributed by atoms with Crippen LogP contribution >= 0.6 is 0 Å². The van der Waals surface area contributed by atoms with Crippen molar-refractivity contribution < 1.29 is 5.11 Å². The maximum Gasteiger partial charge on any atom is 0.116 e. The molecule has 0 saturated carbocycles. The van der Waals surface area contributed by atoms with Gasteiger partial charge in [-0.05, 0) is 62.5 Å². The van der Waals surface area contributed by atoms with Gasteiger partial charge in [-0.3, -0.25) is 0 Å². The van der Waals surface area contributed by atoms with Gasteiger partial charge in [-0.25, -0.2) is 0 Å². The highest BCUT2D eigenvalue weighted by Gasteiger charge is 2.19. The van der Waals surface area contributed by atoms with Crippen molar-refractivity contribution in [2.45, 2.75) is 19.3 Å². The van der Waals surface area contributed by atoms with Crippen molar-refractivity contribution in [2.24, 2.45) is 5.92 Å². The molecule has 0 unspecified atom stereocenters. The van der Waals surface area contributed by atoms with Crippen LogP contribution in [0.2, 0.25) is 0 Å². The van der Waals surface area contributed by atoms with E-state index in [-0.39, 0.29) is 0 Å². The fourth-order valence-corrected chi connectivity index (χ4v) is 2.61. The quantitative estimate of drug-likeness (QED) is 0.864. The van der Waals surface area contributed by atoms with E-state index >= 15 is 0 Å². The van der Waals surface area contributed by atoms with Crippen molar-refractivity contribution >= 4 is 5.57 Å². The summed E-state index contributed by atoms with van der Waals surface area (Å²) in [5, 5.41) is 9.57. The van der Waals surface area contributed by atoms with E-state index in [1.807, 2.05) is 12.1 Å². The number of aromatic hydroxyl groups is 1. The molecule has 1 atom stereocenters. The normalized spacial score (nSPS) is 20.4. The molecule has 0 spiro atoms. The summed E-state index contributed by atoms with van der Waals surface area (Å²) < 4.78 is 0. The zero-order valence-corrected chi connectivity index (χ0v) is 10.7. The Kier molecular flexibility index (Phi) is 3.85. The lowest BCUT2D eigenvalue weighted by atomic mass is 9.83. The van der Waals surface area contributed by atoms with Crippen LogP contribution in [0.25, 0.3) is 5.57 Å². The van der Waals surface area contributed by atoms with Crippen LogP contribution in [0.1, 0.15) is 24.8 Å². The number of benzene rings is 1. The molecular formula is C15H21NO. The van der Waals surface area contributed by atoms with E-state index in [2.05, 4.69) is 31.1 Å². The van der Waals surface area contributed by atoms with Crippen LogP contribution in [0.3, 0.4) is 0 Å². The summed E-state index contributed by atoms with van der Waals surface area (Å²) in [4.78, 5) is 2.24. The number of rotatable bonds is 3. The summed E-state index contributed by atoms with van der Waals surface area (Å²) in [5.74, 6) is 0.957. The third kappa shape index (κ3) is 3.10. The van der Waals surface area contributed by atoms with Gasteiger partial charge in [-0.2, -0.15) is 0 Å². The molecule has 0 fully saturated rings. The van der Waals surface area contributed by atoms with Gasteiger partial charge in [0, 0.05) is 6.54 Å². The van der Waals surface area contributed by atoms with Crippen LogP contribution in [-0.2, 0) is 0 Å². The van der Waals surface area contributed by atoms with Gasteiger partial charge >= 0.3 is 0 Å². The smallest absolute Gasteiger partial charge is 0.116 e. The van der Waals surface area contributed by atoms with Gasteiger partial charge < -0.3 is 10.0 Å². The molecule has 0 aromatic heterocycles. The third-order valence-corrected chi connectivity index (χ3v) is 3.33. The second-order valence-electron chi connectivity index (χ2n) is 5.10. The van der Waals surface area contributed by atoms with Crippen LogP contribution < -0.4 is 0 Å². The number of phenols is 1. The first-order valence-corrected chi connectivity index (χ1v) is 6.31. The maximum atomic E-state index is 9.57. The molecule has 92 valence electrons. The van der Waals surface area contributed by atoms with Crippen LogP contribution in [-0.4, -0.2) is 30.6 Å². The highest BCUT2D eigenvalue weighted by molar-refractivity contribution is 5.69. The Morgan fingerprint density at radius 2 is 2.18 bits per heavy atom. The third-order valence-electron chi connectivity index (χ3n) is 3.33. The fraction of sp³-hybridized carbons (Fsp3) is 0.467. The molecular weight excluding hydrogens is 210 g/mol. The molecule has 0 bridgehead atoms. The molecule has 0 saturated heterocycles. The topological polar surface area (TPSA) is 23.5 Å². The fourth-order valence-electron chi connectivity index (χ4n) is 2.61. The molecule has 0 radical (unpaired) electrons. The first kappa shape index (κ1) is 12.2. The molecule has 0 heterocycles. The minimum Gasteiger partial charge on any atom is -0.508 e. The summed E-state index contributed by atoms with van der Waals surface area (Å²) in [7, 11) is 4.24. The van der Waals surface area contributed by atoms with Gasteiger partial charge in [0.1, 0.15) is 5.75 Å². The Balaban J connectivity index is 2.24. The minimum absolute atomic E-state index is 0.359. The molecule has 17 heavy (non-hydrogen) atoms. The summed E-state index contributed by atoms with van der Waals surface area (Å²) in [6.07, 6.45) is 6.03. The number of phenolic OH excluding ortho intramolecular Hbond substituents is 1. The highest BCUT2D eigenvalue weighted by Crippen LogP contribution is 2.33. The maximum absolute atomic E-state index is 9.57. The Morgan fingerprint density at radius 1 is 1.35 bits per heavy atom. The van der Waals surface area contributed by atoms with E-state index in [4.69, 9.17) is 0 Å². The summed E-state index contributed by atoms with van der Waals surface area (Å²) in [6.45, 7) is 1.08. The van der Waals surface area contributed by atoms with E-state index in [0.717, 1.165) is 13.0 Å². The SMILES string of the molecule is CN(C)C[C@H]1CCCC=C1c1cccc(O)c1. The monoisotopic (exact) mass is 231 g/mol. The molecule has 1 aliphatic carbocycles. The molecule has 2 nitrogen and oxygen atoms in total. The number of allylic oxidation sites excluding steroid dienone is 1. The van der Waals surface area contributed by atoms with Crippen molar-refractivity contribution in [3.63, 3.8) is 0 Å². The average Bonchev–Trinajstić information content (AvgIpc) is 2.29. The van der Waals surface area contributed by atoms with Crippen molar-refractivity contribution in [3.8, 4) is 5.75 Å². The van der Waals surface area contributed by atoms with E-state index in [1.165, 1.54) is 24.0 Å². The standard InChI is InChI=1S/C15H21NO/c1-16(2)11-13-6-3-4-9-15(13)12-7-5-8-14(17)10-12/h5,7-10,13,17H,3-4,6,11H2,1-2H3/t13-/m1/s1. The molecule has 2 heteroatoms. The molecule has 2 rings (SSSR count). The Hall–Kier alpha value is -1.28. The number of hydrogen-bond donors (Lipinski definition) is 1. The lowest BCUT2D eigenvalue weighted by Crippen LogP contribution is -2.24. The largest absolute Gasteiger partial charge is 0.508 e. The molecule has 1 aromatic carbocycles. The van der Waals surface area contributed by atoms with Crippen molar-refractivity contribution in [1.29, 1.82) is 0 Å². The first-order chi connectivity index (χ1) is 8.16. The highest BCUT2D eigenvalue weighted by atomic mass is 16.3. The minimum atomic E-state index is 0.359. The van der Waals surface area contributed by atoms with E-state index in [1.54, 1.807) is 6.07 Å². The van der Waals surface area contributed by atoms with Gasteiger partial charge in [0.15, 0.2) is 0 Å². The lowest BCUT2D eigenvalue weighted by Gasteiger charge is -2.27. The Bertz CT molecular complexity index is 409. The molecule has 1 N–H and O–H groups in total. The van der Waals surface area contributed by atoms with Crippen molar-refractivity contribution in [1.82, 2.24) is 4.90 Å². The zero-order valence-electron chi connectivity index (χ0n) is 10.7. The molecule has 0 aliphatic heterocycles. The van der Waals surface area contributed by atoms with Gasteiger partial charge in [0.2, 0.25) is 0 Å². The van der Waals surface area contributed by atoms with Gasteiger partial charge in [-0.1, -0.05) is 18.2 Å². The lowest BCUT2D eigenvalue weighted by molar-refractivity contribution is 0.346. The second kappa shape index (κ2) is 5.37. The van der Waals surface area contributed by atoms with E-state index in [0.29, 0.717) is 11.7 Å². The molecule has 0 amide bonds. The van der Waals surface area contributed by atoms with Crippen molar-refractivity contribution in [3.05, 3.63) is 35.9 Å². The average molecular weight is 231 g/mol. The predicted octanol–water partition coefficient (Wildman–Crippen LogP) is 3.14. The predicted molar refractivity (Wildman–Crippen MR) is 72.0 cm³/mol. The molecule has 1 aromatic rings. The van der Waals surface area contributed by atoms with E-state index in [9.17, 15) is 5.11 Å². The number of nitrogens with zero attached hydrogens (tertiary/aromatic N) is 1. The second-order valence-corrected chi connectivity index (χ2v) is 5.10. The zero-order chi connectivity index (χ0) is 12.3. The summed E-state index contributed by atoms with van der Waals surface area (Å²) in [6, 6.07) is 7.63. The van der Waals surface area contributed by atoms with Crippen molar-refractivity contribution in [2.75, 3.05) is 20.6 Å².